The fraction of sp³-hybridized carbons (Fsp3) is 0.571. The monoisotopic (exact) mass is 284 g/mol. The maximum atomic E-state index is 12.1. The molecule has 0 aliphatic rings. The summed E-state index contributed by atoms with van der Waals surface area (Å²) in [6.45, 7) is 4.83. The van der Waals surface area contributed by atoms with Crippen LogP contribution in [0.4, 0.5) is 0 Å². The average molecular weight is 285 g/mol. The van der Waals surface area contributed by atoms with Gasteiger partial charge in [-0.15, -0.1) is 11.6 Å². The van der Waals surface area contributed by atoms with E-state index in [1.54, 1.807) is 12.3 Å². The van der Waals surface area contributed by atoms with E-state index >= 15 is 0 Å². The first-order chi connectivity index (χ1) is 9.00. The van der Waals surface area contributed by atoms with Gasteiger partial charge in [-0.05, 0) is 24.3 Å². The molecule has 0 unspecified atom stereocenters. The van der Waals surface area contributed by atoms with Gasteiger partial charge in [-0.2, -0.15) is 0 Å². The van der Waals surface area contributed by atoms with Crippen molar-refractivity contribution in [3.05, 3.63) is 24.0 Å². The van der Waals surface area contributed by atoms with Crippen molar-refractivity contribution in [2.75, 3.05) is 19.5 Å². The van der Waals surface area contributed by atoms with Gasteiger partial charge in [0.25, 0.3) is 5.91 Å². The number of hydrogen-bond acceptors (Lipinski definition) is 3. The van der Waals surface area contributed by atoms with Gasteiger partial charge in [0.05, 0.1) is 18.9 Å². The van der Waals surface area contributed by atoms with Gasteiger partial charge in [0.1, 0.15) is 5.75 Å². The van der Waals surface area contributed by atoms with Gasteiger partial charge in [0, 0.05) is 18.6 Å². The summed E-state index contributed by atoms with van der Waals surface area (Å²) in [6.07, 6.45) is 5.04. The molecule has 0 atom stereocenters. The van der Waals surface area contributed by atoms with Crippen molar-refractivity contribution >= 4 is 17.5 Å². The van der Waals surface area contributed by atoms with Crippen LogP contribution in [-0.4, -0.2) is 30.4 Å². The van der Waals surface area contributed by atoms with E-state index in [2.05, 4.69) is 24.1 Å². The Kier molecular flexibility index (Phi) is 6.09. The van der Waals surface area contributed by atoms with Gasteiger partial charge in [-0.25, -0.2) is 0 Å². The van der Waals surface area contributed by atoms with Crippen LogP contribution >= 0.6 is 11.6 Å². The van der Waals surface area contributed by atoms with Crippen molar-refractivity contribution in [2.45, 2.75) is 26.7 Å². The number of carbonyl (C=O) groups is 1. The normalized spacial score (nSPS) is 11.2. The second-order valence-electron chi connectivity index (χ2n) is 5.22. The van der Waals surface area contributed by atoms with Crippen LogP contribution in [0.5, 0.6) is 5.75 Å². The van der Waals surface area contributed by atoms with Crippen molar-refractivity contribution in [2.24, 2.45) is 5.41 Å². The summed E-state index contributed by atoms with van der Waals surface area (Å²) in [5.74, 6) is 0.993. The second kappa shape index (κ2) is 7.34. The smallest absolute Gasteiger partial charge is 0.255 e. The molecular weight excluding hydrogens is 264 g/mol. The number of nitrogens with zero attached hydrogens (tertiary/aromatic N) is 1. The summed E-state index contributed by atoms with van der Waals surface area (Å²) >= 11 is 5.69. The number of halogens is 1. The number of aromatic nitrogens is 1. The van der Waals surface area contributed by atoms with Crippen molar-refractivity contribution in [3.8, 4) is 5.75 Å². The molecule has 4 nitrogen and oxygen atoms in total. The van der Waals surface area contributed by atoms with Gasteiger partial charge in [0.2, 0.25) is 0 Å². The summed E-state index contributed by atoms with van der Waals surface area (Å²) in [4.78, 5) is 16.0. The van der Waals surface area contributed by atoms with Gasteiger partial charge in [-0.3, -0.25) is 9.78 Å². The number of hydrogen-bond donors (Lipinski definition) is 1. The predicted octanol–water partition coefficient (Wildman–Crippen LogP) is 2.87. The molecule has 19 heavy (non-hydrogen) atoms. The molecule has 1 aromatic heterocycles. The lowest BCUT2D eigenvalue weighted by molar-refractivity contribution is 0.0931. The zero-order chi connectivity index (χ0) is 14.3. The van der Waals surface area contributed by atoms with E-state index in [1.165, 1.54) is 13.3 Å². The van der Waals surface area contributed by atoms with Crippen molar-refractivity contribution in [1.82, 2.24) is 10.3 Å². The first-order valence-corrected chi connectivity index (χ1v) is 6.86. The summed E-state index contributed by atoms with van der Waals surface area (Å²) in [7, 11) is 1.53. The zero-order valence-corrected chi connectivity index (χ0v) is 12.5. The number of methoxy groups -OCH3 is 1. The lowest BCUT2D eigenvalue weighted by Crippen LogP contribution is -2.34. The Hall–Kier alpha value is -1.29. The third-order valence-electron chi connectivity index (χ3n) is 2.96. The molecule has 0 radical (unpaired) electrons. The number of rotatable bonds is 7. The topological polar surface area (TPSA) is 51.2 Å². The lowest BCUT2D eigenvalue weighted by Gasteiger charge is -2.24. The summed E-state index contributed by atoms with van der Waals surface area (Å²) in [5, 5.41) is 2.93. The van der Waals surface area contributed by atoms with Crippen LogP contribution in [0.1, 0.15) is 37.0 Å². The fourth-order valence-corrected chi connectivity index (χ4v) is 1.91. The van der Waals surface area contributed by atoms with Crippen LogP contribution < -0.4 is 10.1 Å². The number of carbonyl (C=O) groups excluding carboxylic acids is 1. The standard InChI is InChI=1S/C14H21ClN2O2/c1-14(2,6-4-7-15)10-17-13(18)11-5-8-16-9-12(11)19-3/h5,8-9H,4,6-7,10H2,1-3H3,(H,17,18). The number of nitrogens with one attached hydrogen (secondary N) is 1. The Morgan fingerprint density at radius 2 is 2.26 bits per heavy atom. The quantitative estimate of drug-likeness (QED) is 0.783. The van der Waals surface area contributed by atoms with Gasteiger partial charge in [0.15, 0.2) is 0 Å². The first-order valence-electron chi connectivity index (χ1n) is 6.32. The number of ether oxygens (including phenoxy) is 1. The molecule has 0 aromatic carbocycles. The minimum Gasteiger partial charge on any atom is -0.494 e. The average Bonchev–Trinajstić information content (AvgIpc) is 2.42. The molecule has 0 aliphatic carbocycles. The maximum Gasteiger partial charge on any atom is 0.255 e. The van der Waals surface area contributed by atoms with E-state index in [0.717, 1.165) is 12.8 Å². The molecule has 106 valence electrons. The fourth-order valence-electron chi connectivity index (χ4n) is 1.78. The molecule has 0 fully saturated rings. The highest BCUT2D eigenvalue weighted by atomic mass is 35.5. The van der Waals surface area contributed by atoms with Crippen molar-refractivity contribution in [1.29, 1.82) is 0 Å². The Morgan fingerprint density at radius 1 is 1.53 bits per heavy atom. The van der Waals surface area contributed by atoms with E-state index in [4.69, 9.17) is 16.3 Å². The number of amides is 1. The van der Waals surface area contributed by atoms with Crippen molar-refractivity contribution in [3.63, 3.8) is 0 Å². The summed E-state index contributed by atoms with van der Waals surface area (Å²) < 4.78 is 5.12. The Labute approximate surface area is 119 Å². The zero-order valence-electron chi connectivity index (χ0n) is 11.7. The lowest BCUT2D eigenvalue weighted by atomic mass is 9.88. The molecule has 1 aromatic rings. The van der Waals surface area contributed by atoms with E-state index in [0.29, 0.717) is 23.7 Å². The number of pyridine rings is 1. The highest BCUT2D eigenvalue weighted by molar-refractivity contribution is 6.17. The molecule has 0 aliphatic heterocycles. The molecule has 0 spiro atoms. The van der Waals surface area contributed by atoms with Gasteiger partial charge >= 0.3 is 0 Å². The van der Waals surface area contributed by atoms with Crippen LogP contribution in [0.2, 0.25) is 0 Å². The van der Waals surface area contributed by atoms with Crippen LogP contribution in [-0.2, 0) is 0 Å². The Bertz CT molecular complexity index is 422. The van der Waals surface area contributed by atoms with E-state index in [9.17, 15) is 4.79 Å². The van der Waals surface area contributed by atoms with Crippen molar-refractivity contribution < 1.29 is 9.53 Å². The molecule has 5 heteroatoms. The summed E-state index contributed by atoms with van der Waals surface area (Å²) in [5.41, 5.74) is 0.538. The molecule has 0 saturated carbocycles. The van der Waals surface area contributed by atoms with Crippen LogP contribution in [0, 0.1) is 5.41 Å². The van der Waals surface area contributed by atoms with E-state index in [-0.39, 0.29) is 11.3 Å². The minimum absolute atomic E-state index is 0.0326. The molecule has 0 saturated heterocycles. The van der Waals surface area contributed by atoms with Gasteiger partial charge < -0.3 is 10.1 Å². The van der Waals surface area contributed by atoms with E-state index < -0.39 is 0 Å². The Morgan fingerprint density at radius 3 is 2.89 bits per heavy atom. The Balaban J connectivity index is 2.60. The largest absolute Gasteiger partial charge is 0.494 e. The third-order valence-corrected chi connectivity index (χ3v) is 3.23. The number of alkyl halides is 1. The highest BCUT2D eigenvalue weighted by Gasteiger charge is 2.20. The van der Waals surface area contributed by atoms with Crippen LogP contribution in [0.3, 0.4) is 0 Å². The summed E-state index contributed by atoms with van der Waals surface area (Å²) in [6, 6.07) is 1.65. The molecule has 1 amide bonds. The maximum absolute atomic E-state index is 12.1. The predicted molar refractivity (Wildman–Crippen MR) is 76.9 cm³/mol. The first kappa shape index (κ1) is 15.8. The molecule has 1 N–H and O–H groups in total. The van der Waals surface area contributed by atoms with Crippen LogP contribution in [0.15, 0.2) is 18.5 Å². The molecule has 1 rings (SSSR count). The third kappa shape index (κ3) is 5.07. The second-order valence-corrected chi connectivity index (χ2v) is 5.59. The minimum atomic E-state index is -0.141. The molecular formula is C14H21ClN2O2. The molecule has 1 heterocycles. The van der Waals surface area contributed by atoms with Crippen LogP contribution in [0.25, 0.3) is 0 Å². The van der Waals surface area contributed by atoms with E-state index in [1.807, 2.05) is 0 Å². The van der Waals surface area contributed by atoms with Gasteiger partial charge in [-0.1, -0.05) is 13.8 Å². The highest BCUT2D eigenvalue weighted by Crippen LogP contribution is 2.22. The SMILES string of the molecule is COc1cnccc1C(=O)NCC(C)(C)CCCCl. The molecule has 0 bridgehead atoms.